The molecule has 0 spiro atoms. The van der Waals surface area contributed by atoms with Crippen LogP contribution in [0.5, 0.6) is 5.75 Å². The minimum absolute atomic E-state index is 0.0779. The summed E-state index contributed by atoms with van der Waals surface area (Å²) in [7, 11) is 0. The van der Waals surface area contributed by atoms with E-state index in [-0.39, 0.29) is 18.1 Å². The summed E-state index contributed by atoms with van der Waals surface area (Å²) >= 11 is 0. The first-order valence-corrected chi connectivity index (χ1v) is 8.10. The van der Waals surface area contributed by atoms with Gasteiger partial charge in [0.05, 0.1) is 6.61 Å². The van der Waals surface area contributed by atoms with Crippen molar-refractivity contribution in [1.82, 2.24) is 4.90 Å². The van der Waals surface area contributed by atoms with Gasteiger partial charge in [0.15, 0.2) is 0 Å². The molecule has 1 aliphatic rings. The van der Waals surface area contributed by atoms with Crippen LogP contribution in [0.15, 0.2) is 54.6 Å². The smallest absolute Gasteiger partial charge is 0.387 e. The molecule has 1 atom stereocenters. The van der Waals surface area contributed by atoms with E-state index >= 15 is 0 Å². The van der Waals surface area contributed by atoms with Crippen molar-refractivity contribution in [3.63, 3.8) is 0 Å². The van der Waals surface area contributed by atoms with Crippen LogP contribution in [0, 0.1) is 0 Å². The predicted octanol–water partition coefficient (Wildman–Crippen LogP) is 3.26. The lowest BCUT2D eigenvalue weighted by Gasteiger charge is -2.32. The highest BCUT2D eigenvalue weighted by molar-refractivity contribution is 5.82. The molecule has 4 nitrogen and oxygen atoms in total. The zero-order valence-electron chi connectivity index (χ0n) is 13.6. The molecule has 1 heterocycles. The standard InChI is InChI=1S/C19H19F2NO3/c20-19(21)25-16-9-5-4-8-15(16)12-17-18(23)22(10-11-24-17)13-14-6-2-1-3-7-14/h1-9,17,19H,10-13H2. The van der Waals surface area contributed by atoms with Gasteiger partial charge in [0.2, 0.25) is 0 Å². The molecule has 2 aromatic rings. The van der Waals surface area contributed by atoms with E-state index in [1.165, 1.54) is 6.07 Å². The predicted molar refractivity (Wildman–Crippen MR) is 88.4 cm³/mol. The molecule has 25 heavy (non-hydrogen) atoms. The second-order valence-corrected chi connectivity index (χ2v) is 5.80. The van der Waals surface area contributed by atoms with Gasteiger partial charge < -0.3 is 14.4 Å². The zero-order valence-corrected chi connectivity index (χ0v) is 13.6. The topological polar surface area (TPSA) is 38.8 Å². The average molecular weight is 347 g/mol. The van der Waals surface area contributed by atoms with Crippen molar-refractivity contribution < 1.29 is 23.0 Å². The maximum absolute atomic E-state index is 12.7. The molecule has 0 bridgehead atoms. The zero-order chi connectivity index (χ0) is 17.6. The molecule has 1 saturated heterocycles. The number of carbonyl (C=O) groups excluding carboxylic acids is 1. The molecule has 0 aliphatic carbocycles. The fraction of sp³-hybridized carbons (Fsp3) is 0.316. The second kappa shape index (κ2) is 8.07. The molecular weight excluding hydrogens is 328 g/mol. The van der Waals surface area contributed by atoms with Crippen LogP contribution < -0.4 is 4.74 Å². The molecule has 0 aromatic heterocycles. The van der Waals surface area contributed by atoms with Gasteiger partial charge >= 0.3 is 6.61 Å². The van der Waals surface area contributed by atoms with Crippen molar-refractivity contribution in [3.05, 3.63) is 65.7 Å². The number of morpholine rings is 1. The minimum Gasteiger partial charge on any atom is -0.435 e. The summed E-state index contributed by atoms with van der Waals surface area (Å²) < 4.78 is 35.2. The minimum atomic E-state index is -2.90. The lowest BCUT2D eigenvalue weighted by molar-refractivity contribution is -0.153. The normalized spacial score (nSPS) is 17.8. The summed E-state index contributed by atoms with van der Waals surface area (Å²) in [6.45, 7) is -1.46. The monoisotopic (exact) mass is 347 g/mol. The number of amides is 1. The van der Waals surface area contributed by atoms with Crippen LogP contribution in [0.4, 0.5) is 8.78 Å². The number of rotatable bonds is 6. The number of ether oxygens (including phenoxy) is 2. The van der Waals surface area contributed by atoms with Crippen LogP contribution in [-0.2, 0) is 22.5 Å². The first-order chi connectivity index (χ1) is 12.1. The highest BCUT2D eigenvalue weighted by Crippen LogP contribution is 2.24. The summed E-state index contributed by atoms with van der Waals surface area (Å²) in [5.41, 5.74) is 1.57. The third kappa shape index (κ3) is 4.54. The first kappa shape index (κ1) is 17.4. The van der Waals surface area contributed by atoms with E-state index in [1.807, 2.05) is 30.3 Å². The Kier molecular flexibility index (Phi) is 5.60. The van der Waals surface area contributed by atoms with Crippen molar-refractivity contribution >= 4 is 5.91 Å². The van der Waals surface area contributed by atoms with Crippen LogP contribution in [0.1, 0.15) is 11.1 Å². The molecule has 3 rings (SSSR count). The van der Waals surface area contributed by atoms with Gasteiger partial charge in [-0.3, -0.25) is 4.79 Å². The quantitative estimate of drug-likeness (QED) is 0.805. The molecule has 6 heteroatoms. The largest absolute Gasteiger partial charge is 0.435 e. The Morgan fingerprint density at radius 3 is 2.60 bits per heavy atom. The Morgan fingerprint density at radius 2 is 1.84 bits per heavy atom. The van der Waals surface area contributed by atoms with E-state index in [9.17, 15) is 13.6 Å². The second-order valence-electron chi connectivity index (χ2n) is 5.80. The Hall–Kier alpha value is -2.47. The van der Waals surface area contributed by atoms with Crippen LogP contribution >= 0.6 is 0 Å². The fourth-order valence-corrected chi connectivity index (χ4v) is 2.88. The molecule has 0 N–H and O–H groups in total. The average Bonchev–Trinajstić information content (AvgIpc) is 2.60. The van der Waals surface area contributed by atoms with Crippen LogP contribution in [0.3, 0.4) is 0 Å². The Bertz CT molecular complexity index is 709. The number of nitrogens with zero attached hydrogens (tertiary/aromatic N) is 1. The molecule has 1 aliphatic heterocycles. The van der Waals surface area contributed by atoms with E-state index in [2.05, 4.69) is 4.74 Å². The molecule has 1 fully saturated rings. The molecule has 1 unspecified atom stereocenters. The maximum atomic E-state index is 12.7. The number of alkyl halides is 2. The van der Waals surface area contributed by atoms with Gasteiger partial charge in [-0.15, -0.1) is 0 Å². The van der Waals surface area contributed by atoms with Gasteiger partial charge in [0.1, 0.15) is 11.9 Å². The van der Waals surface area contributed by atoms with Crippen LogP contribution in [0.25, 0.3) is 0 Å². The Labute approximate surface area is 145 Å². The summed E-state index contributed by atoms with van der Waals surface area (Å²) in [6.07, 6.45) is -0.493. The van der Waals surface area contributed by atoms with Crippen molar-refractivity contribution in [2.45, 2.75) is 25.7 Å². The molecular formula is C19H19F2NO3. The SMILES string of the molecule is O=C1C(Cc2ccccc2OC(F)F)OCCN1Cc1ccccc1. The van der Waals surface area contributed by atoms with Gasteiger partial charge in [-0.2, -0.15) is 8.78 Å². The van der Waals surface area contributed by atoms with Gasteiger partial charge in [0, 0.05) is 19.5 Å². The highest BCUT2D eigenvalue weighted by atomic mass is 19.3. The number of hydrogen-bond donors (Lipinski definition) is 0. The summed E-state index contributed by atoms with van der Waals surface area (Å²) in [6, 6.07) is 16.2. The van der Waals surface area contributed by atoms with Crippen molar-refractivity contribution in [3.8, 4) is 5.75 Å². The van der Waals surface area contributed by atoms with Crippen molar-refractivity contribution in [2.24, 2.45) is 0 Å². The van der Waals surface area contributed by atoms with Crippen molar-refractivity contribution in [1.29, 1.82) is 0 Å². The molecule has 0 radical (unpaired) electrons. The lowest BCUT2D eigenvalue weighted by Crippen LogP contribution is -2.48. The highest BCUT2D eigenvalue weighted by Gasteiger charge is 2.30. The Morgan fingerprint density at radius 1 is 1.12 bits per heavy atom. The number of benzene rings is 2. The van der Waals surface area contributed by atoms with E-state index in [4.69, 9.17) is 4.74 Å². The van der Waals surface area contributed by atoms with Crippen LogP contribution in [-0.4, -0.2) is 36.7 Å². The number of halogens is 2. The molecule has 132 valence electrons. The Balaban J connectivity index is 1.70. The molecule has 1 amide bonds. The summed E-state index contributed by atoms with van der Waals surface area (Å²) in [5.74, 6) is -0.0592. The number of carbonyl (C=O) groups is 1. The fourth-order valence-electron chi connectivity index (χ4n) is 2.88. The maximum Gasteiger partial charge on any atom is 0.387 e. The van der Waals surface area contributed by atoms with E-state index in [1.54, 1.807) is 23.1 Å². The van der Waals surface area contributed by atoms with Gasteiger partial charge in [0.25, 0.3) is 5.91 Å². The summed E-state index contributed by atoms with van der Waals surface area (Å²) in [4.78, 5) is 14.4. The van der Waals surface area contributed by atoms with Gasteiger partial charge in [-0.05, 0) is 17.2 Å². The van der Waals surface area contributed by atoms with E-state index in [0.717, 1.165) is 5.56 Å². The summed E-state index contributed by atoms with van der Waals surface area (Å²) in [5, 5.41) is 0. The first-order valence-electron chi connectivity index (χ1n) is 8.10. The third-order valence-electron chi connectivity index (χ3n) is 4.08. The molecule has 2 aromatic carbocycles. The number of hydrogen-bond acceptors (Lipinski definition) is 3. The van der Waals surface area contributed by atoms with E-state index < -0.39 is 12.7 Å². The van der Waals surface area contributed by atoms with Crippen LogP contribution in [0.2, 0.25) is 0 Å². The van der Waals surface area contributed by atoms with Crippen molar-refractivity contribution in [2.75, 3.05) is 13.2 Å². The number of para-hydroxylation sites is 1. The lowest BCUT2D eigenvalue weighted by atomic mass is 10.0. The van der Waals surface area contributed by atoms with Gasteiger partial charge in [-0.1, -0.05) is 48.5 Å². The van der Waals surface area contributed by atoms with E-state index in [0.29, 0.717) is 25.3 Å². The van der Waals surface area contributed by atoms with Gasteiger partial charge in [-0.25, -0.2) is 0 Å². The third-order valence-corrected chi connectivity index (χ3v) is 4.08. The molecule has 0 saturated carbocycles.